The van der Waals surface area contributed by atoms with Gasteiger partial charge in [-0.3, -0.25) is 4.79 Å². The van der Waals surface area contributed by atoms with E-state index in [1.807, 2.05) is 24.9 Å². The van der Waals surface area contributed by atoms with Gasteiger partial charge in [0.05, 0.1) is 0 Å². The number of likely N-dealkylation sites (tertiary alicyclic amines) is 1. The van der Waals surface area contributed by atoms with E-state index in [1.54, 1.807) is 19.1 Å². The second-order valence-electron chi connectivity index (χ2n) is 5.56. The molecule has 116 valence electrons. The molecular weight excluding hydrogens is 288 g/mol. The predicted molar refractivity (Wildman–Crippen MR) is 84.9 cm³/mol. The van der Waals surface area contributed by atoms with Crippen LogP contribution < -0.4 is 10.1 Å². The molecule has 1 heterocycles. The molecule has 1 saturated heterocycles. The summed E-state index contributed by atoms with van der Waals surface area (Å²) in [6.07, 6.45) is 1.51. The molecule has 1 amide bonds. The summed E-state index contributed by atoms with van der Waals surface area (Å²) in [5, 5.41) is 3.97. The van der Waals surface area contributed by atoms with Gasteiger partial charge >= 0.3 is 0 Å². The fraction of sp³-hybridized carbons (Fsp3) is 0.562. The lowest BCUT2D eigenvalue weighted by molar-refractivity contribution is -0.139. The van der Waals surface area contributed by atoms with Crippen molar-refractivity contribution in [3.8, 4) is 5.75 Å². The van der Waals surface area contributed by atoms with Gasteiger partial charge in [-0.25, -0.2) is 0 Å². The van der Waals surface area contributed by atoms with Gasteiger partial charge in [0.25, 0.3) is 5.91 Å². The molecule has 1 fully saturated rings. The Morgan fingerprint density at radius 3 is 2.67 bits per heavy atom. The van der Waals surface area contributed by atoms with Gasteiger partial charge in [0.15, 0.2) is 6.10 Å². The molecule has 0 saturated carbocycles. The molecule has 0 aromatic heterocycles. The van der Waals surface area contributed by atoms with Crippen molar-refractivity contribution in [1.29, 1.82) is 0 Å². The zero-order valence-electron chi connectivity index (χ0n) is 12.9. The Kier molecular flexibility index (Phi) is 5.48. The third kappa shape index (κ3) is 4.11. The molecule has 1 unspecified atom stereocenters. The first-order valence-corrected chi connectivity index (χ1v) is 7.78. The van der Waals surface area contributed by atoms with Crippen molar-refractivity contribution in [1.82, 2.24) is 10.2 Å². The van der Waals surface area contributed by atoms with Crippen LogP contribution in [-0.2, 0) is 4.79 Å². The van der Waals surface area contributed by atoms with Crippen molar-refractivity contribution < 1.29 is 9.53 Å². The molecule has 1 aliphatic heterocycles. The van der Waals surface area contributed by atoms with E-state index in [1.165, 1.54) is 0 Å². The van der Waals surface area contributed by atoms with Crippen LogP contribution in [0.25, 0.3) is 0 Å². The van der Waals surface area contributed by atoms with Gasteiger partial charge in [-0.15, -0.1) is 0 Å². The molecule has 1 aliphatic rings. The first kappa shape index (κ1) is 16.1. The van der Waals surface area contributed by atoms with Crippen LogP contribution in [0.15, 0.2) is 18.2 Å². The van der Waals surface area contributed by atoms with Crippen molar-refractivity contribution in [3.63, 3.8) is 0 Å². The van der Waals surface area contributed by atoms with E-state index in [-0.39, 0.29) is 5.91 Å². The summed E-state index contributed by atoms with van der Waals surface area (Å²) >= 11 is 5.99. The summed E-state index contributed by atoms with van der Waals surface area (Å²) in [5.74, 6) is 0.736. The number of ether oxygens (including phenoxy) is 1. The van der Waals surface area contributed by atoms with Crippen molar-refractivity contribution in [3.05, 3.63) is 28.8 Å². The Balaban J connectivity index is 1.92. The third-order valence-electron chi connectivity index (χ3n) is 4.00. The highest BCUT2D eigenvalue weighted by molar-refractivity contribution is 6.31. The minimum absolute atomic E-state index is 0.0529. The molecule has 1 atom stereocenters. The fourth-order valence-corrected chi connectivity index (χ4v) is 2.71. The smallest absolute Gasteiger partial charge is 0.263 e. The average molecular weight is 311 g/mol. The summed E-state index contributed by atoms with van der Waals surface area (Å²) in [5.41, 5.74) is 0.948. The average Bonchev–Trinajstić information content (AvgIpc) is 2.50. The number of nitrogens with one attached hydrogen (secondary N) is 1. The molecule has 0 spiro atoms. The lowest BCUT2D eigenvalue weighted by Crippen LogP contribution is -2.48. The van der Waals surface area contributed by atoms with E-state index in [4.69, 9.17) is 16.3 Å². The molecule has 1 aromatic rings. The number of halogens is 1. The van der Waals surface area contributed by atoms with E-state index in [0.29, 0.717) is 16.8 Å². The van der Waals surface area contributed by atoms with Crippen LogP contribution in [-0.4, -0.2) is 43.1 Å². The Labute approximate surface area is 131 Å². The van der Waals surface area contributed by atoms with Crippen LogP contribution in [0.5, 0.6) is 5.75 Å². The SMILES string of the molecule is CNC1CCN(C(=O)C(C)Oc2ccc(Cl)c(C)c2)CC1. The maximum absolute atomic E-state index is 12.4. The summed E-state index contributed by atoms with van der Waals surface area (Å²) in [6, 6.07) is 5.97. The number of nitrogens with zero attached hydrogens (tertiary/aromatic N) is 1. The number of carbonyl (C=O) groups is 1. The highest BCUT2D eigenvalue weighted by Gasteiger charge is 2.26. The van der Waals surface area contributed by atoms with E-state index < -0.39 is 6.10 Å². The van der Waals surface area contributed by atoms with Crippen molar-refractivity contribution >= 4 is 17.5 Å². The first-order chi connectivity index (χ1) is 10.0. The summed E-state index contributed by atoms with van der Waals surface area (Å²) in [6.45, 7) is 5.30. The molecule has 21 heavy (non-hydrogen) atoms. The Morgan fingerprint density at radius 2 is 2.10 bits per heavy atom. The number of hydrogen-bond acceptors (Lipinski definition) is 3. The monoisotopic (exact) mass is 310 g/mol. The zero-order valence-corrected chi connectivity index (χ0v) is 13.6. The van der Waals surface area contributed by atoms with Gasteiger partial charge in [0, 0.05) is 24.2 Å². The largest absolute Gasteiger partial charge is 0.481 e. The summed E-state index contributed by atoms with van der Waals surface area (Å²) in [4.78, 5) is 14.3. The van der Waals surface area contributed by atoms with Crippen molar-refractivity contribution in [2.24, 2.45) is 0 Å². The van der Waals surface area contributed by atoms with Crippen LogP contribution in [0.4, 0.5) is 0 Å². The number of hydrogen-bond donors (Lipinski definition) is 1. The normalized spacial score (nSPS) is 17.6. The molecular formula is C16H23ClN2O2. The molecule has 0 aliphatic carbocycles. The highest BCUT2D eigenvalue weighted by atomic mass is 35.5. The van der Waals surface area contributed by atoms with E-state index in [9.17, 15) is 4.79 Å². The van der Waals surface area contributed by atoms with Gasteiger partial charge in [-0.05, 0) is 57.5 Å². The molecule has 5 heteroatoms. The number of aryl methyl sites for hydroxylation is 1. The summed E-state index contributed by atoms with van der Waals surface area (Å²) < 4.78 is 5.75. The number of amides is 1. The molecule has 1 aromatic carbocycles. The molecule has 1 N–H and O–H groups in total. The molecule has 4 nitrogen and oxygen atoms in total. The minimum atomic E-state index is -0.475. The highest BCUT2D eigenvalue weighted by Crippen LogP contribution is 2.22. The summed E-state index contributed by atoms with van der Waals surface area (Å²) in [7, 11) is 1.97. The molecule has 2 rings (SSSR count). The van der Waals surface area contributed by atoms with Gasteiger partial charge in [-0.2, -0.15) is 0 Å². The second-order valence-corrected chi connectivity index (χ2v) is 5.97. The predicted octanol–water partition coefficient (Wildman–Crippen LogP) is 2.63. The third-order valence-corrected chi connectivity index (χ3v) is 4.43. The second kappa shape index (κ2) is 7.14. The molecule has 0 radical (unpaired) electrons. The zero-order chi connectivity index (χ0) is 15.4. The van der Waals surface area contributed by atoms with Gasteiger partial charge in [0.1, 0.15) is 5.75 Å². The number of rotatable bonds is 4. The first-order valence-electron chi connectivity index (χ1n) is 7.40. The van der Waals surface area contributed by atoms with E-state index in [0.717, 1.165) is 31.5 Å². The van der Waals surface area contributed by atoms with Crippen molar-refractivity contribution in [2.45, 2.75) is 38.8 Å². The van der Waals surface area contributed by atoms with E-state index in [2.05, 4.69) is 5.32 Å². The minimum Gasteiger partial charge on any atom is -0.481 e. The number of piperidine rings is 1. The Morgan fingerprint density at radius 1 is 1.43 bits per heavy atom. The van der Waals surface area contributed by atoms with Crippen LogP contribution in [0, 0.1) is 6.92 Å². The number of carbonyl (C=O) groups excluding carboxylic acids is 1. The maximum atomic E-state index is 12.4. The van der Waals surface area contributed by atoms with Gasteiger partial charge < -0.3 is 15.0 Å². The number of benzene rings is 1. The standard InChI is InChI=1S/C16H23ClN2O2/c1-11-10-14(4-5-15(11)17)21-12(2)16(20)19-8-6-13(18-3)7-9-19/h4-5,10,12-13,18H,6-9H2,1-3H3. The fourth-order valence-electron chi connectivity index (χ4n) is 2.59. The van der Waals surface area contributed by atoms with Gasteiger partial charge in [-0.1, -0.05) is 11.6 Å². The molecule has 0 bridgehead atoms. The maximum Gasteiger partial charge on any atom is 0.263 e. The van der Waals surface area contributed by atoms with Crippen LogP contribution in [0.3, 0.4) is 0 Å². The van der Waals surface area contributed by atoms with Crippen LogP contribution >= 0.6 is 11.6 Å². The van der Waals surface area contributed by atoms with Crippen molar-refractivity contribution in [2.75, 3.05) is 20.1 Å². The lowest BCUT2D eigenvalue weighted by atomic mass is 10.0. The Bertz CT molecular complexity index is 499. The van der Waals surface area contributed by atoms with Crippen LogP contribution in [0.2, 0.25) is 5.02 Å². The quantitative estimate of drug-likeness (QED) is 0.929. The van der Waals surface area contributed by atoms with E-state index >= 15 is 0 Å². The topological polar surface area (TPSA) is 41.6 Å². The Hall–Kier alpha value is -1.26. The lowest BCUT2D eigenvalue weighted by Gasteiger charge is -2.33. The van der Waals surface area contributed by atoms with Crippen LogP contribution in [0.1, 0.15) is 25.3 Å². The van der Waals surface area contributed by atoms with Gasteiger partial charge in [0.2, 0.25) is 0 Å².